The Morgan fingerprint density at radius 3 is 2.56 bits per heavy atom. The Balaban J connectivity index is 1.92. The number of carbonyl (C=O) groups is 1. The maximum Gasteiger partial charge on any atom is 0.243 e. The molecule has 1 saturated carbocycles. The van der Waals surface area contributed by atoms with Crippen LogP contribution in [0.3, 0.4) is 0 Å². The van der Waals surface area contributed by atoms with Gasteiger partial charge in [0.1, 0.15) is 6.04 Å². The van der Waals surface area contributed by atoms with Crippen LogP contribution in [0, 0.1) is 11.6 Å². The number of hydrogen-bond donors (Lipinski definition) is 1. The minimum absolute atomic E-state index is 0.108. The summed E-state index contributed by atoms with van der Waals surface area (Å²) < 4.78 is 57.3. The normalized spacial score (nSPS) is 16.3. The number of benzene rings is 1. The first-order chi connectivity index (χ1) is 12.7. The van der Waals surface area contributed by atoms with E-state index in [9.17, 15) is 22.0 Å². The van der Waals surface area contributed by atoms with Crippen LogP contribution in [-0.2, 0) is 19.6 Å². The number of anilines is 1. The van der Waals surface area contributed by atoms with Crippen molar-refractivity contribution < 1.29 is 26.7 Å². The summed E-state index contributed by atoms with van der Waals surface area (Å²) in [6.07, 6.45) is 6.33. The molecule has 152 valence electrons. The van der Waals surface area contributed by atoms with Gasteiger partial charge in [0.2, 0.25) is 15.9 Å². The highest BCUT2D eigenvalue weighted by molar-refractivity contribution is 7.92. The molecule has 0 unspecified atom stereocenters. The Hall–Kier alpha value is -1.74. The number of halogens is 2. The van der Waals surface area contributed by atoms with Crippen LogP contribution in [0.15, 0.2) is 18.2 Å². The molecule has 1 N–H and O–H groups in total. The lowest BCUT2D eigenvalue weighted by Gasteiger charge is -2.28. The highest BCUT2D eigenvalue weighted by Gasteiger charge is 2.29. The van der Waals surface area contributed by atoms with Gasteiger partial charge in [0.15, 0.2) is 11.6 Å². The Kier molecular flexibility index (Phi) is 7.55. The van der Waals surface area contributed by atoms with Crippen LogP contribution in [0.2, 0.25) is 0 Å². The summed E-state index contributed by atoms with van der Waals surface area (Å²) in [5, 5.41) is 2.66. The van der Waals surface area contributed by atoms with E-state index >= 15 is 0 Å². The molecule has 1 atom stereocenters. The molecule has 1 aromatic rings. The van der Waals surface area contributed by atoms with Gasteiger partial charge in [-0.2, -0.15) is 0 Å². The fraction of sp³-hybridized carbons (Fsp3) is 0.611. The molecule has 0 heterocycles. The van der Waals surface area contributed by atoms with Crippen LogP contribution in [0.25, 0.3) is 0 Å². The van der Waals surface area contributed by atoms with Gasteiger partial charge in [-0.15, -0.1) is 0 Å². The number of hydrogen-bond acceptors (Lipinski definition) is 4. The quantitative estimate of drug-likeness (QED) is 0.642. The van der Waals surface area contributed by atoms with Gasteiger partial charge in [0.05, 0.1) is 18.0 Å². The minimum Gasteiger partial charge on any atom is -0.378 e. The molecule has 0 bridgehead atoms. The van der Waals surface area contributed by atoms with Crippen LogP contribution < -0.4 is 9.62 Å². The highest BCUT2D eigenvalue weighted by Crippen LogP contribution is 2.23. The summed E-state index contributed by atoms with van der Waals surface area (Å²) in [7, 11) is -3.88. The van der Waals surface area contributed by atoms with Crippen LogP contribution in [0.1, 0.15) is 39.0 Å². The molecule has 9 heteroatoms. The predicted octanol–water partition coefficient (Wildman–Crippen LogP) is 2.58. The Morgan fingerprint density at radius 1 is 1.30 bits per heavy atom. The summed E-state index contributed by atoms with van der Waals surface area (Å²) in [5.74, 6) is -2.80. The van der Waals surface area contributed by atoms with Gasteiger partial charge in [-0.05, 0) is 38.3 Å². The van der Waals surface area contributed by atoms with E-state index in [1.54, 1.807) is 0 Å². The molecule has 1 fully saturated rings. The SMILES string of the molecule is C[C@@H](C(=O)NCCCOC1CCCC1)N(c1ccc(F)c(F)c1)S(C)(=O)=O. The predicted molar refractivity (Wildman–Crippen MR) is 99.0 cm³/mol. The maximum absolute atomic E-state index is 13.5. The van der Waals surface area contributed by atoms with Gasteiger partial charge >= 0.3 is 0 Å². The molecule has 0 aliphatic heterocycles. The lowest BCUT2D eigenvalue weighted by atomic mass is 10.2. The van der Waals surface area contributed by atoms with Crippen LogP contribution in [0.4, 0.5) is 14.5 Å². The van der Waals surface area contributed by atoms with E-state index in [2.05, 4.69) is 5.32 Å². The number of sulfonamides is 1. The smallest absolute Gasteiger partial charge is 0.243 e. The van der Waals surface area contributed by atoms with Crippen molar-refractivity contribution in [2.24, 2.45) is 0 Å². The van der Waals surface area contributed by atoms with E-state index in [1.807, 2.05) is 0 Å². The van der Waals surface area contributed by atoms with Crippen molar-refractivity contribution in [3.63, 3.8) is 0 Å². The van der Waals surface area contributed by atoms with Crippen molar-refractivity contribution in [1.82, 2.24) is 5.32 Å². The molecule has 0 saturated heterocycles. The third-order valence-corrected chi connectivity index (χ3v) is 5.76. The standard InChI is InChI=1S/C18H26F2N2O4S/c1-13(18(23)21-10-5-11-26-15-6-3-4-7-15)22(27(2,24)25)14-8-9-16(19)17(20)12-14/h8-9,12-13,15H,3-7,10-11H2,1-2H3,(H,21,23)/t13-/m0/s1. The van der Waals surface area contributed by atoms with Gasteiger partial charge in [0, 0.05) is 19.2 Å². The van der Waals surface area contributed by atoms with E-state index in [0.717, 1.165) is 41.6 Å². The topological polar surface area (TPSA) is 75.7 Å². The third-order valence-electron chi connectivity index (χ3n) is 4.52. The monoisotopic (exact) mass is 404 g/mol. The van der Waals surface area contributed by atoms with Crippen molar-refractivity contribution >= 4 is 21.6 Å². The zero-order valence-corrected chi connectivity index (χ0v) is 16.4. The van der Waals surface area contributed by atoms with E-state index < -0.39 is 33.6 Å². The first kappa shape index (κ1) is 21.6. The van der Waals surface area contributed by atoms with E-state index in [4.69, 9.17) is 4.74 Å². The van der Waals surface area contributed by atoms with E-state index in [-0.39, 0.29) is 5.69 Å². The van der Waals surface area contributed by atoms with Crippen LogP contribution >= 0.6 is 0 Å². The first-order valence-electron chi connectivity index (χ1n) is 9.04. The number of amides is 1. The number of nitrogens with zero attached hydrogens (tertiary/aromatic N) is 1. The van der Waals surface area contributed by atoms with Crippen LogP contribution in [0.5, 0.6) is 0 Å². The van der Waals surface area contributed by atoms with Crippen molar-refractivity contribution in [1.29, 1.82) is 0 Å². The molecule has 1 aromatic carbocycles. The molecular weight excluding hydrogens is 378 g/mol. The largest absolute Gasteiger partial charge is 0.378 e. The molecule has 1 amide bonds. The van der Waals surface area contributed by atoms with Crippen molar-refractivity contribution in [3.05, 3.63) is 29.8 Å². The molecule has 1 aliphatic carbocycles. The van der Waals surface area contributed by atoms with Gasteiger partial charge in [-0.25, -0.2) is 17.2 Å². The second-order valence-electron chi connectivity index (χ2n) is 6.76. The zero-order valence-electron chi connectivity index (χ0n) is 15.6. The molecule has 0 radical (unpaired) electrons. The summed E-state index contributed by atoms with van der Waals surface area (Å²) in [4.78, 5) is 12.3. The third kappa shape index (κ3) is 6.14. The molecule has 27 heavy (non-hydrogen) atoms. The first-order valence-corrected chi connectivity index (χ1v) is 10.9. The minimum atomic E-state index is -3.88. The summed E-state index contributed by atoms with van der Waals surface area (Å²) >= 11 is 0. The summed E-state index contributed by atoms with van der Waals surface area (Å²) in [5.41, 5.74) is -0.108. The Labute approximate surface area is 158 Å². The highest BCUT2D eigenvalue weighted by atomic mass is 32.2. The molecule has 1 aliphatic rings. The fourth-order valence-electron chi connectivity index (χ4n) is 3.17. The fourth-order valence-corrected chi connectivity index (χ4v) is 4.33. The molecule has 0 aromatic heterocycles. The second-order valence-corrected chi connectivity index (χ2v) is 8.61. The van der Waals surface area contributed by atoms with Gasteiger partial charge in [-0.3, -0.25) is 9.10 Å². The summed E-state index contributed by atoms with van der Waals surface area (Å²) in [6, 6.07) is 1.60. The molecule has 0 spiro atoms. The average molecular weight is 404 g/mol. The summed E-state index contributed by atoms with van der Waals surface area (Å²) in [6.45, 7) is 2.26. The number of ether oxygens (including phenoxy) is 1. The molecule has 6 nitrogen and oxygen atoms in total. The lowest BCUT2D eigenvalue weighted by molar-refractivity contribution is -0.121. The molecule has 2 rings (SSSR count). The van der Waals surface area contributed by atoms with E-state index in [0.29, 0.717) is 25.7 Å². The number of rotatable bonds is 9. The van der Waals surface area contributed by atoms with E-state index in [1.165, 1.54) is 19.8 Å². The van der Waals surface area contributed by atoms with Gasteiger partial charge in [0.25, 0.3) is 0 Å². The van der Waals surface area contributed by atoms with Gasteiger partial charge < -0.3 is 10.1 Å². The van der Waals surface area contributed by atoms with Crippen molar-refractivity contribution in [3.8, 4) is 0 Å². The van der Waals surface area contributed by atoms with Crippen molar-refractivity contribution in [2.75, 3.05) is 23.7 Å². The number of carbonyl (C=O) groups excluding carboxylic acids is 1. The average Bonchev–Trinajstić information content (AvgIpc) is 3.10. The second kappa shape index (κ2) is 9.45. The maximum atomic E-state index is 13.5. The van der Waals surface area contributed by atoms with Crippen LogP contribution in [-0.4, -0.2) is 45.9 Å². The Morgan fingerprint density at radius 2 is 1.96 bits per heavy atom. The lowest BCUT2D eigenvalue weighted by Crippen LogP contribution is -2.48. The number of nitrogens with one attached hydrogen (secondary N) is 1. The zero-order chi connectivity index (χ0) is 20.0. The molecular formula is C18H26F2N2O4S. The van der Waals surface area contributed by atoms with Crippen molar-refractivity contribution in [2.45, 2.75) is 51.2 Å². The van der Waals surface area contributed by atoms with Gasteiger partial charge in [-0.1, -0.05) is 12.8 Å². The Bertz CT molecular complexity index is 752.